The molecule has 6 atom stereocenters. The molecule has 6 heteroatoms. The Morgan fingerprint density at radius 3 is 2.52 bits per heavy atom. The SMILES string of the molecule is CO[C@H]1O[C@@H]2CO[C@@H](c3ccccc3)O[C@H]2[C@@H](C#C[Si](C)(C)C)[C@@H]1O. The fourth-order valence-corrected chi connectivity index (χ4v) is 3.64. The summed E-state index contributed by atoms with van der Waals surface area (Å²) in [4.78, 5) is 0. The van der Waals surface area contributed by atoms with E-state index >= 15 is 0 Å². The summed E-state index contributed by atoms with van der Waals surface area (Å²) in [6, 6.07) is 9.78. The molecule has 0 spiro atoms. The predicted octanol–water partition coefficient (Wildman–Crippen LogP) is 2.33. The second kappa shape index (κ2) is 7.58. The average molecular weight is 362 g/mol. The minimum Gasteiger partial charge on any atom is -0.386 e. The Hall–Kier alpha value is -1.20. The minimum absolute atomic E-state index is 0.311. The molecule has 5 nitrogen and oxygen atoms in total. The van der Waals surface area contributed by atoms with Crippen LogP contribution in [-0.2, 0) is 18.9 Å². The maximum absolute atomic E-state index is 10.7. The van der Waals surface area contributed by atoms with Gasteiger partial charge in [0.15, 0.2) is 12.6 Å². The van der Waals surface area contributed by atoms with E-state index in [-0.39, 0.29) is 18.1 Å². The third-order valence-corrected chi connectivity index (χ3v) is 5.18. The quantitative estimate of drug-likeness (QED) is 0.646. The van der Waals surface area contributed by atoms with Crippen LogP contribution in [0.4, 0.5) is 0 Å². The molecule has 0 amide bonds. The number of ether oxygens (including phenoxy) is 4. The van der Waals surface area contributed by atoms with Crippen molar-refractivity contribution in [2.45, 2.75) is 50.5 Å². The van der Waals surface area contributed by atoms with E-state index in [2.05, 4.69) is 31.1 Å². The molecule has 1 N–H and O–H groups in total. The molecule has 2 aliphatic heterocycles. The second-order valence-electron chi connectivity index (χ2n) is 7.49. The van der Waals surface area contributed by atoms with Crippen LogP contribution in [-0.4, -0.2) is 51.5 Å². The van der Waals surface area contributed by atoms with Crippen molar-refractivity contribution in [2.75, 3.05) is 13.7 Å². The Morgan fingerprint density at radius 1 is 1.16 bits per heavy atom. The molecule has 3 rings (SSSR count). The summed E-state index contributed by atoms with van der Waals surface area (Å²) in [5.41, 5.74) is 4.30. The molecular weight excluding hydrogens is 336 g/mol. The van der Waals surface area contributed by atoms with Crippen molar-refractivity contribution in [1.82, 2.24) is 0 Å². The Kier molecular flexibility index (Phi) is 5.64. The Balaban J connectivity index is 1.85. The van der Waals surface area contributed by atoms with Crippen LogP contribution in [0.15, 0.2) is 30.3 Å². The number of methoxy groups -OCH3 is 1. The molecule has 0 radical (unpaired) electrons. The van der Waals surface area contributed by atoms with Crippen LogP contribution >= 0.6 is 0 Å². The molecule has 0 saturated carbocycles. The van der Waals surface area contributed by atoms with Gasteiger partial charge in [0.2, 0.25) is 0 Å². The van der Waals surface area contributed by atoms with Gasteiger partial charge in [0, 0.05) is 12.7 Å². The Labute approximate surface area is 150 Å². The number of benzene rings is 1. The molecule has 2 saturated heterocycles. The zero-order chi connectivity index (χ0) is 18.0. The summed E-state index contributed by atoms with van der Waals surface area (Å²) in [6.45, 7) is 6.90. The van der Waals surface area contributed by atoms with E-state index in [9.17, 15) is 5.11 Å². The largest absolute Gasteiger partial charge is 0.386 e. The van der Waals surface area contributed by atoms with Gasteiger partial charge < -0.3 is 24.1 Å². The second-order valence-corrected chi connectivity index (χ2v) is 12.2. The lowest BCUT2D eigenvalue weighted by molar-refractivity contribution is -0.343. The van der Waals surface area contributed by atoms with Crippen molar-refractivity contribution in [3.63, 3.8) is 0 Å². The minimum atomic E-state index is -1.58. The molecule has 1 aromatic rings. The highest BCUT2D eigenvalue weighted by atomic mass is 28.3. The third kappa shape index (κ3) is 4.32. The van der Waals surface area contributed by atoms with Crippen molar-refractivity contribution in [3.8, 4) is 11.5 Å². The van der Waals surface area contributed by atoms with Gasteiger partial charge in [-0.3, -0.25) is 0 Å². The fourth-order valence-electron chi connectivity index (χ4n) is 3.04. The van der Waals surface area contributed by atoms with Crippen LogP contribution in [0.2, 0.25) is 19.6 Å². The van der Waals surface area contributed by atoms with Crippen molar-refractivity contribution in [2.24, 2.45) is 5.92 Å². The third-order valence-electron chi connectivity index (χ3n) is 4.29. The zero-order valence-electron chi connectivity index (χ0n) is 15.1. The summed E-state index contributed by atoms with van der Waals surface area (Å²) in [5.74, 6) is 2.90. The number of hydrogen-bond acceptors (Lipinski definition) is 5. The normalized spacial score (nSPS) is 35.4. The van der Waals surface area contributed by atoms with E-state index in [1.807, 2.05) is 30.3 Å². The molecule has 1 aromatic carbocycles. The lowest BCUT2D eigenvalue weighted by atomic mass is 9.89. The standard InChI is InChI=1S/C19H26O5Si/c1-21-19-16(20)14(10-11-25(2,3)4)17-15(23-19)12-22-18(24-17)13-8-6-5-7-9-13/h5-9,14-20H,12H2,1-4H3/t14-,15+,16-,17-,18+,19-/m0/s1. The monoisotopic (exact) mass is 362 g/mol. The first kappa shape index (κ1) is 18.6. The molecule has 2 fully saturated rings. The first-order chi connectivity index (χ1) is 11.9. The van der Waals surface area contributed by atoms with E-state index in [1.165, 1.54) is 7.11 Å². The summed E-state index contributed by atoms with van der Waals surface area (Å²) in [5, 5.41) is 10.7. The van der Waals surface area contributed by atoms with Crippen molar-refractivity contribution < 1.29 is 24.1 Å². The number of hydrogen-bond donors (Lipinski definition) is 1. The fraction of sp³-hybridized carbons (Fsp3) is 0.579. The lowest BCUT2D eigenvalue weighted by Crippen LogP contribution is -2.59. The highest BCUT2D eigenvalue weighted by molar-refractivity contribution is 6.83. The van der Waals surface area contributed by atoms with E-state index in [4.69, 9.17) is 18.9 Å². The van der Waals surface area contributed by atoms with Gasteiger partial charge in [0.25, 0.3) is 0 Å². The van der Waals surface area contributed by atoms with Crippen LogP contribution in [0.5, 0.6) is 0 Å². The molecule has 25 heavy (non-hydrogen) atoms. The maximum Gasteiger partial charge on any atom is 0.184 e. The number of fused-ring (bicyclic) bond motifs is 1. The van der Waals surface area contributed by atoms with E-state index in [0.29, 0.717) is 6.61 Å². The van der Waals surface area contributed by atoms with E-state index in [0.717, 1.165) is 5.56 Å². The lowest BCUT2D eigenvalue weighted by Gasteiger charge is -2.46. The smallest absolute Gasteiger partial charge is 0.184 e. The Bertz CT molecular complexity index is 633. The van der Waals surface area contributed by atoms with E-state index in [1.54, 1.807) is 0 Å². The molecular formula is C19H26O5Si. The molecule has 2 aliphatic rings. The molecule has 0 unspecified atom stereocenters. The maximum atomic E-state index is 10.7. The highest BCUT2D eigenvalue weighted by Gasteiger charge is 2.49. The Morgan fingerprint density at radius 2 is 1.88 bits per heavy atom. The van der Waals surface area contributed by atoms with E-state index < -0.39 is 26.8 Å². The van der Waals surface area contributed by atoms with Gasteiger partial charge in [-0.15, -0.1) is 11.5 Å². The molecule has 0 aromatic heterocycles. The summed E-state index contributed by atoms with van der Waals surface area (Å²) < 4.78 is 23.1. The summed E-state index contributed by atoms with van der Waals surface area (Å²) >= 11 is 0. The summed E-state index contributed by atoms with van der Waals surface area (Å²) in [7, 11) is -0.0588. The summed E-state index contributed by atoms with van der Waals surface area (Å²) in [6.07, 6.45) is -2.72. The van der Waals surface area contributed by atoms with Crippen molar-refractivity contribution in [3.05, 3.63) is 35.9 Å². The van der Waals surface area contributed by atoms with Crippen LogP contribution in [0.25, 0.3) is 0 Å². The molecule has 0 bridgehead atoms. The number of rotatable bonds is 2. The predicted molar refractivity (Wildman–Crippen MR) is 96.3 cm³/mol. The van der Waals surface area contributed by atoms with Crippen LogP contribution < -0.4 is 0 Å². The average Bonchev–Trinajstić information content (AvgIpc) is 2.60. The van der Waals surface area contributed by atoms with Gasteiger partial charge in [-0.25, -0.2) is 0 Å². The van der Waals surface area contributed by atoms with Gasteiger partial charge >= 0.3 is 0 Å². The van der Waals surface area contributed by atoms with Gasteiger partial charge in [-0.05, 0) is 0 Å². The number of aliphatic hydroxyl groups excluding tert-OH is 1. The van der Waals surface area contributed by atoms with Gasteiger partial charge in [0.05, 0.1) is 12.5 Å². The topological polar surface area (TPSA) is 57.2 Å². The van der Waals surface area contributed by atoms with Gasteiger partial charge in [-0.1, -0.05) is 50.0 Å². The van der Waals surface area contributed by atoms with Crippen LogP contribution in [0.1, 0.15) is 11.9 Å². The first-order valence-electron chi connectivity index (χ1n) is 8.60. The van der Waals surface area contributed by atoms with Crippen LogP contribution in [0.3, 0.4) is 0 Å². The zero-order valence-corrected chi connectivity index (χ0v) is 16.1. The van der Waals surface area contributed by atoms with Crippen LogP contribution in [0, 0.1) is 17.4 Å². The van der Waals surface area contributed by atoms with Gasteiger partial charge in [0.1, 0.15) is 26.4 Å². The van der Waals surface area contributed by atoms with Crippen molar-refractivity contribution >= 4 is 8.07 Å². The van der Waals surface area contributed by atoms with Crippen molar-refractivity contribution in [1.29, 1.82) is 0 Å². The molecule has 136 valence electrons. The number of aliphatic hydroxyl groups is 1. The first-order valence-corrected chi connectivity index (χ1v) is 12.1. The molecule has 2 heterocycles. The highest BCUT2D eigenvalue weighted by Crippen LogP contribution is 2.36. The van der Waals surface area contributed by atoms with Gasteiger partial charge in [-0.2, -0.15) is 0 Å². The molecule has 0 aliphatic carbocycles.